The van der Waals surface area contributed by atoms with Gasteiger partial charge in [-0.2, -0.15) is 11.4 Å². The molecule has 0 saturated carbocycles. The van der Waals surface area contributed by atoms with Gasteiger partial charge in [-0.3, -0.25) is 0 Å². The van der Waals surface area contributed by atoms with Gasteiger partial charge >= 0.3 is 0 Å². The van der Waals surface area contributed by atoms with Crippen molar-refractivity contribution >= 4 is 28.2 Å². The summed E-state index contributed by atoms with van der Waals surface area (Å²) in [5, 5.41) is 0. The molecule has 0 spiro atoms. The highest BCUT2D eigenvalue weighted by Crippen LogP contribution is 2.42. The largest absolute Gasteiger partial charge is 0.676 e. The molecule has 4 nitrogen and oxygen atoms in total. The highest BCUT2D eigenvalue weighted by atomic mass is 28.4. The van der Waals surface area contributed by atoms with Gasteiger partial charge in [0.15, 0.2) is 0 Å². The van der Waals surface area contributed by atoms with Crippen LogP contribution in [0.4, 0.5) is 11.4 Å². The van der Waals surface area contributed by atoms with Crippen molar-refractivity contribution in [3.63, 3.8) is 0 Å². The van der Waals surface area contributed by atoms with Gasteiger partial charge in [-0.1, -0.05) is 106 Å². The molecule has 0 aromatic heterocycles. The van der Waals surface area contributed by atoms with Gasteiger partial charge < -0.3 is 19.1 Å². The van der Waals surface area contributed by atoms with E-state index in [0.29, 0.717) is 24.2 Å². The molecule has 0 aliphatic heterocycles. The second-order valence-electron chi connectivity index (χ2n) is 9.89. The SMILES string of the molecule is CC(C)N(C(C)C)[Si](C)(C)[N-]c1ccccc1[N-][Si](C)(C)N(C(C)C)C(C)C. The Morgan fingerprint density at radius 3 is 1.04 bits per heavy atom. The summed E-state index contributed by atoms with van der Waals surface area (Å²) in [7, 11) is -3.95. The smallest absolute Gasteiger partial charge is 0.0306 e. The van der Waals surface area contributed by atoms with E-state index in [0.717, 1.165) is 11.4 Å². The normalized spacial score (nSPS) is 13.5. The minimum Gasteiger partial charge on any atom is -0.676 e. The molecule has 162 valence electrons. The second-order valence-corrected chi connectivity index (χ2v) is 17.3. The van der Waals surface area contributed by atoms with Crippen LogP contribution >= 0.6 is 0 Å². The van der Waals surface area contributed by atoms with Gasteiger partial charge in [0.1, 0.15) is 0 Å². The van der Waals surface area contributed by atoms with Crippen LogP contribution in [0.2, 0.25) is 26.2 Å². The average molecular weight is 421 g/mol. The number of rotatable bonds is 10. The minimum atomic E-state index is -1.98. The Balaban J connectivity index is 3.21. The van der Waals surface area contributed by atoms with Crippen molar-refractivity contribution in [1.29, 1.82) is 0 Å². The molecule has 0 fully saturated rings. The van der Waals surface area contributed by atoms with Crippen LogP contribution in [0.25, 0.3) is 9.96 Å². The van der Waals surface area contributed by atoms with Crippen molar-refractivity contribution < 1.29 is 0 Å². The third-order valence-corrected chi connectivity index (χ3v) is 11.3. The van der Waals surface area contributed by atoms with Crippen LogP contribution in [0.5, 0.6) is 0 Å². The van der Waals surface area contributed by atoms with E-state index in [9.17, 15) is 0 Å². The van der Waals surface area contributed by atoms with Crippen LogP contribution in [-0.2, 0) is 0 Å². The zero-order valence-corrected chi connectivity index (χ0v) is 22.4. The van der Waals surface area contributed by atoms with Crippen LogP contribution in [0, 0.1) is 0 Å². The quantitative estimate of drug-likeness (QED) is 0.371. The lowest BCUT2D eigenvalue weighted by atomic mass is 10.3. The van der Waals surface area contributed by atoms with E-state index in [-0.39, 0.29) is 0 Å². The third kappa shape index (κ3) is 6.34. The van der Waals surface area contributed by atoms with Gasteiger partial charge in [-0.15, -0.1) is 0 Å². The Labute approximate surface area is 177 Å². The monoisotopic (exact) mass is 420 g/mol. The van der Waals surface area contributed by atoms with Crippen molar-refractivity contribution in [1.82, 2.24) is 9.13 Å². The maximum Gasteiger partial charge on any atom is 0.0306 e. The maximum atomic E-state index is 5.34. The Hall–Kier alpha value is -0.826. The summed E-state index contributed by atoms with van der Waals surface area (Å²) < 4.78 is 5.20. The van der Waals surface area contributed by atoms with Crippen LogP contribution < -0.4 is 0 Å². The molecule has 1 aromatic carbocycles. The fraction of sp³-hybridized carbons (Fsp3) is 0.727. The van der Waals surface area contributed by atoms with Crippen molar-refractivity contribution in [2.75, 3.05) is 0 Å². The van der Waals surface area contributed by atoms with Gasteiger partial charge in [0.05, 0.1) is 0 Å². The first-order valence-corrected chi connectivity index (χ1v) is 16.6. The topological polar surface area (TPSA) is 34.7 Å². The first-order chi connectivity index (χ1) is 12.7. The van der Waals surface area contributed by atoms with E-state index in [1.54, 1.807) is 0 Å². The number of hydrogen-bond acceptors (Lipinski definition) is 2. The Morgan fingerprint density at radius 2 is 0.821 bits per heavy atom. The second kappa shape index (κ2) is 9.78. The lowest BCUT2D eigenvalue weighted by Gasteiger charge is -2.57. The van der Waals surface area contributed by atoms with Crippen molar-refractivity contribution in [2.24, 2.45) is 0 Å². The van der Waals surface area contributed by atoms with Gasteiger partial charge in [-0.25, -0.2) is 0 Å². The molecule has 6 heteroatoms. The molecule has 0 radical (unpaired) electrons. The number of nitrogens with zero attached hydrogens (tertiary/aromatic N) is 4. The molecule has 0 unspecified atom stereocenters. The number of hydrogen-bond donors (Lipinski definition) is 0. The van der Waals surface area contributed by atoms with Gasteiger partial charge in [0.2, 0.25) is 0 Å². The molecule has 0 N–H and O–H groups in total. The van der Waals surface area contributed by atoms with E-state index in [1.807, 2.05) is 0 Å². The first-order valence-electron chi connectivity index (χ1n) is 10.8. The molecule has 0 aliphatic rings. The zero-order valence-electron chi connectivity index (χ0n) is 20.4. The highest BCUT2D eigenvalue weighted by Gasteiger charge is 2.27. The summed E-state index contributed by atoms with van der Waals surface area (Å²) in [5.74, 6) is 0. The molecule has 28 heavy (non-hydrogen) atoms. The molecule has 0 bridgehead atoms. The van der Waals surface area contributed by atoms with Crippen LogP contribution in [0.15, 0.2) is 24.3 Å². The third-order valence-electron chi connectivity index (χ3n) is 5.16. The van der Waals surface area contributed by atoms with E-state index >= 15 is 0 Å². The fourth-order valence-electron chi connectivity index (χ4n) is 5.08. The lowest BCUT2D eigenvalue weighted by molar-refractivity contribution is 0.297. The van der Waals surface area contributed by atoms with Crippen LogP contribution in [0.1, 0.15) is 55.4 Å². The molecule has 0 saturated heterocycles. The fourth-order valence-corrected chi connectivity index (χ4v) is 11.9. The van der Waals surface area contributed by atoms with E-state index in [1.165, 1.54) is 0 Å². The molecule has 1 aromatic rings. The average Bonchev–Trinajstić information content (AvgIpc) is 2.45. The van der Waals surface area contributed by atoms with Crippen molar-refractivity contribution in [3.05, 3.63) is 34.2 Å². The number of benzene rings is 1. The predicted octanol–water partition coefficient (Wildman–Crippen LogP) is 7.34. The molecule has 1 rings (SSSR count). The van der Waals surface area contributed by atoms with Gasteiger partial charge in [0, 0.05) is 16.8 Å². The van der Waals surface area contributed by atoms with E-state index in [4.69, 9.17) is 9.96 Å². The van der Waals surface area contributed by atoms with Crippen molar-refractivity contribution in [2.45, 2.75) is 106 Å². The predicted molar refractivity (Wildman–Crippen MR) is 132 cm³/mol. The highest BCUT2D eigenvalue weighted by molar-refractivity contribution is 6.82. The minimum absolute atomic E-state index is 0.484. The standard InChI is InChI=1S/C22H44N4Si2/c1-17(2)25(18(3)4)27(9,10)23-21-15-13-14-16-22(21)24-28(11,12)26(19(5)6)20(7)8/h13-20H,1-12H3/q-2. The summed E-state index contributed by atoms with van der Waals surface area (Å²) in [5.41, 5.74) is 2.11. The van der Waals surface area contributed by atoms with Gasteiger partial charge in [0.25, 0.3) is 0 Å². The molecule has 0 amide bonds. The van der Waals surface area contributed by atoms with Crippen LogP contribution in [-0.4, -0.2) is 50.1 Å². The van der Waals surface area contributed by atoms with Crippen LogP contribution in [0.3, 0.4) is 0 Å². The lowest BCUT2D eigenvalue weighted by Crippen LogP contribution is -2.55. The summed E-state index contributed by atoms with van der Waals surface area (Å²) >= 11 is 0. The van der Waals surface area contributed by atoms with E-state index < -0.39 is 16.8 Å². The Morgan fingerprint density at radius 1 is 0.571 bits per heavy atom. The first kappa shape index (κ1) is 25.2. The molecule has 0 aliphatic carbocycles. The maximum absolute atomic E-state index is 5.34. The molecule has 0 heterocycles. The van der Waals surface area contributed by atoms with Crippen molar-refractivity contribution in [3.8, 4) is 0 Å². The Bertz CT molecular complexity index is 543. The molecular weight excluding hydrogens is 376 g/mol. The summed E-state index contributed by atoms with van der Waals surface area (Å²) in [4.78, 5) is 10.7. The summed E-state index contributed by atoms with van der Waals surface area (Å²) in [6.07, 6.45) is 0. The molecular formula is C22H44N4Si2-2. The summed E-state index contributed by atoms with van der Waals surface area (Å²) in [6.45, 7) is 27.6. The van der Waals surface area contributed by atoms with Gasteiger partial charge in [-0.05, 0) is 24.2 Å². The van der Waals surface area contributed by atoms with E-state index in [2.05, 4.69) is 115 Å². The Kier molecular flexibility index (Phi) is 8.81. The zero-order chi connectivity index (χ0) is 21.9. The molecule has 0 atom stereocenters. The summed E-state index contributed by atoms with van der Waals surface area (Å²) in [6, 6.07) is 10.4.